The second-order valence-corrected chi connectivity index (χ2v) is 2.22. The van der Waals surface area contributed by atoms with Gasteiger partial charge in [-0.3, -0.25) is 4.99 Å². The summed E-state index contributed by atoms with van der Waals surface area (Å²) in [5.74, 6) is 0. The lowest BCUT2D eigenvalue weighted by Crippen LogP contribution is -1.88. The summed E-state index contributed by atoms with van der Waals surface area (Å²) in [5.41, 5.74) is 2.33. The van der Waals surface area contributed by atoms with Crippen LogP contribution in [0.4, 0.5) is 0 Å². The summed E-state index contributed by atoms with van der Waals surface area (Å²) in [6.07, 6.45) is 5.01. The Kier molecular flexibility index (Phi) is 1.83. The highest BCUT2D eigenvalue weighted by Crippen LogP contribution is 2.19. The van der Waals surface area contributed by atoms with E-state index in [1.165, 1.54) is 12.0 Å². The average molecular weight is 121 g/mol. The number of nitrogens with zero attached hydrogens (tertiary/aromatic N) is 1. The molecule has 0 aliphatic heterocycles. The first-order valence-electron chi connectivity index (χ1n) is 3.20. The van der Waals surface area contributed by atoms with Crippen LogP contribution in [0.5, 0.6) is 0 Å². The van der Waals surface area contributed by atoms with Crippen LogP contribution >= 0.6 is 0 Å². The number of rotatable bonds is 1. The Labute approximate surface area is 55.8 Å². The van der Waals surface area contributed by atoms with E-state index in [2.05, 4.69) is 18.2 Å². The lowest BCUT2D eigenvalue weighted by atomic mass is 10.2. The summed E-state index contributed by atoms with van der Waals surface area (Å²) in [6, 6.07) is 0. The van der Waals surface area contributed by atoms with Crippen molar-refractivity contribution in [1.82, 2.24) is 0 Å². The Morgan fingerprint density at radius 3 is 2.67 bits per heavy atom. The molecule has 0 N–H and O–H groups in total. The molecule has 1 aliphatic carbocycles. The van der Waals surface area contributed by atoms with Crippen LogP contribution in [-0.4, -0.2) is 5.71 Å². The van der Waals surface area contributed by atoms with Crippen LogP contribution in [0, 0.1) is 0 Å². The standard InChI is InChI=1S/C8H11N/c1-3-9-8-6-4-5-7(8)2/h3H,1-2,4-6H2. The lowest BCUT2D eigenvalue weighted by molar-refractivity contribution is 0.948. The minimum absolute atomic E-state index is 1.09. The molecule has 0 atom stereocenters. The SMILES string of the molecule is C=CN=C1CCCC1=C. The van der Waals surface area contributed by atoms with Crippen molar-refractivity contribution in [2.75, 3.05) is 0 Å². The van der Waals surface area contributed by atoms with Crippen molar-refractivity contribution < 1.29 is 0 Å². The maximum absolute atomic E-state index is 4.09. The van der Waals surface area contributed by atoms with E-state index in [-0.39, 0.29) is 0 Å². The van der Waals surface area contributed by atoms with Gasteiger partial charge in [0.2, 0.25) is 0 Å². The van der Waals surface area contributed by atoms with Gasteiger partial charge in [0, 0.05) is 11.9 Å². The Morgan fingerprint density at radius 1 is 1.44 bits per heavy atom. The fourth-order valence-corrected chi connectivity index (χ4v) is 1.06. The molecular formula is C8H11N. The molecule has 48 valence electrons. The van der Waals surface area contributed by atoms with Gasteiger partial charge in [0.1, 0.15) is 0 Å². The third-order valence-electron chi connectivity index (χ3n) is 1.55. The molecule has 1 saturated carbocycles. The molecular weight excluding hydrogens is 110 g/mol. The Balaban J connectivity index is 2.69. The predicted octanol–water partition coefficient (Wildman–Crippen LogP) is 2.31. The minimum atomic E-state index is 1.09. The van der Waals surface area contributed by atoms with E-state index in [9.17, 15) is 0 Å². The highest BCUT2D eigenvalue weighted by atomic mass is 14.7. The van der Waals surface area contributed by atoms with Gasteiger partial charge in [-0.15, -0.1) is 0 Å². The lowest BCUT2D eigenvalue weighted by Gasteiger charge is -1.91. The summed E-state index contributed by atoms with van der Waals surface area (Å²) in [7, 11) is 0. The van der Waals surface area contributed by atoms with Crippen LogP contribution in [0.15, 0.2) is 29.9 Å². The Bertz CT molecular complexity index is 165. The molecule has 9 heavy (non-hydrogen) atoms. The molecule has 0 amide bonds. The molecule has 1 heteroatoms. The summed E-state index contributed by atoms with van der Waals surface area (Å²) in [4.78, 5) is 4.09. The van der Waals surface area contributed by atoms with Gasteiger partial charge in [-0.2, -0.15) is 0 Å². The zero-order chi connectivity index (χ0) is 6.69. The van der Waals surface area contributed by atoms with E-state index in [0.717, 1.165) is 18.6 Å². The van der Waals surface area contributed by atoms with Crippen LogP contribution in [-0.2, 0) is 0 Å². The topological polar surface area (TPSA) is 12.4 Å². The third kappa shape index (κ3) is 1.28. The molecule has 1 aliphatic rings. The number of allylic oxidation sites excluding steroid dienone is 1. The van der Waals surface area contributed by atoms with Crippen molar-refractivity contribution in [1.29, 1.82) is 0 Å². The number of aliphatic imine (C=N–C) groups is 1. The first kappa shape index (κ1) is 6.27. The van der Waals surface area contributed by atoms with Crippen LogP contribution in [0.3, 0.4) is 0 Å². The molecule has 0 aromatic carbocycles. The average Bonchev–Trinajstić information content (AvgIpc) is 2.18. The molecule has 1 fully saturated rings. The second-order valence-electron chi connectivity index (χ2n) is 2.22. The largest absolute Gasteiger partial charge is 0.262 e. The highest BCUT2D eigenvalue weighted by molar-refractivity contribution is 6.01. The van der Waals surface area contributed by atoms with E-state index in [1.807, 2.05) is 0 Å². The van der Waals surface area contributed by atoms with E-state index >= 15 is 0 Å². The molecule has 0 spiro atoms. The van der Waals surface area contributed by atoms with Crippen molar-refractivity contribution in [2.45, 2.75) is 19.3 Å². The van der Waals surface area contributed by atoms with E-state index in [4.69, 9.17) is 0 Å². The van der Waals surface area contributed by atoms with Crippen molar-refractivity contribution >= 4 is 5.71 Å². The van der Waals surface area contributed by atoms with Gasteiger partial charge in [-0.1, -0.05) is 13.2 Å². The van der Waals surface area contributed by atoms with E-state index < -0.39 is 0 Å². The summed E-state index contributed by atoms with van der Waals surface area (Å²) in [5, 5.41) is 0. The monoisotopic (exact) mass is 121 g/mol. The minimum Gasteiger partial charge on any atom is -0.262 e. The first-order valence-corrected chi connectivity index (χ1v) is 3.20. The van der Waals surface area contributed by atoms with Gasteiger partial charge in [0.15, 0.2) is 0 Å². The van der Waals surface area contributed by atoms with Crippen LogP contribution in [0.1, 0.15) is 19.3 Å². The molecule has 0 saturated heterocycles. The quantitative estimate of drug-likeness (QED) is 0.504. The first-order chi connectivity index (χ1) is 4.34. The van der Waals surface area contributed by atoms with Crippen molar-refractivity contribution in [3.8, 4) is 0 Å². The van der Waals surface area contributed by atoms with Gasteiger partial charge < -0.3 is 0 Å². The van der Waals surface area contributed by atoms with Gasteiger partial charge in [-0.05, 0) is 24.8 Å². The maximum atomic E-state index is 4.09. The van der Waals surface area contributed by atoms with Gasteiger partial charge in [0.05, 0.1) is 0 Å². The summed E-state index contributed by atoms with van der Waals surface area (Å²) < 4.78 is 0. The fourth-order valence-electron chi connectivity index (χ4n) is 1.06. The van der Waals surface area contributed by atoms with Gasteiger partial charge in [-0.25, -0.2) is 0 Å². The Morgan fingerprint density at radius 2 is 2.22 bits per heavy atom. The van der Waals surface area contributed by atoms with Gasteiger partial charge in [0.25, 0.3) is 0 Å². The molecule has 0 unspecified atom stereocenters. The van der Waals surface area contributed by atoms with Gasteiger partial charge >= 0.3 is 0 Å². The van der Waals surface area contributed by atoms with Crippen LogP contribution < -0.4 is 0 Å². The summed E-state index contributed by atoms with van der Waals surface area (Å²) in [6.45, 7) is 7.41. The smallest absolute Gasteiger partial charge is 0.0429 e. The molecule has 0 heterocycles. The fraction of sp³-hybridized carbons (Fsp3) is 0.375. The zero-order valence-corrected chi connectivity index (χ0v) is 5.56. The molecule has 1 nitrogen and oxygen atoms in total. The predicted molar refractivity (Wildman–Crippen MR) is 40.6 cm³/mol. The Hall–Kier alpha value is -0.850. The van der Waals surface area contributed by atoms with Crippen molar-refractivity contribution in [3.05, 3.63) is 24.9 Å². The van der Waals surface area contributed by atoms with Crippen molar-refractivity contribution in [2.24, 2.45) is 4.99 Å². The molecule has 0 aromatic rings. The third-order valence-corrected chi connectivity index (χ3v) is 1.55. The normalized spacial score (nSPS) is 23.1. The van der Waals surface area contributed by atoms with Crippen LogP contribution in [0.25, 0.3) is 0 Å². The summed E-state index contributed by atoms with van der Waals surface area (Å²) >= 11 is 0. The van der Waals surface area contributed by atoms with Crippen LogP contribution in [0.2, 0.25) is 0 Å². The zero-order valence-electron chi connectivity index (χ0n) is 5.56. The molecule has 0 radical (unpaired) electrons. The highest BCUT2D eigenvalue weighted by Gasteiger charge is 2.10. The van der Waals surface area contributed by atoms with E-state index in [0.29, 0.717) is 0 Å². The number of hydrogen-bond donors (Lipinski definition) is 0. The molecule has 1 rings (SSSR count). The van der Waals surface area contributed by atoms with E-state index in [1.54, 1.807) is 6.20 Å². The maximum Gasteiger partial charge on any atom is 0.0429 e. The second kappa shape index (κ2) is 2.62. The molecule has 0 aromatic heterocycles. The molecule has 0 bridgehead atoms. The number of hydrogen-bond acceptors (Lipinski definition) is 1. The van der Waals surface area contributed by atoms with Crippen molar-refractivity contribution in [3.63, 3.8) is 0 Å².